The summed E-state index contributed by atoms with van der Waals surface area (Å²) in [5, 5.41) is 9.54. The fourth-order valence-electron chi connectivity index (χ4n) is 2.61. The molecule has 1 atom stereocenters. The van der Waals surface area contributed by atoms with Crippen molar-refractivity contribution >= 4 is 17.5 Å². The Balaban J connectivity index is 2.16. The quantitative estimate of drug-likeness (QED) is 0.901. The Morgan fingerprint density at radius 1 is 1.27 bits per heavy atom. The van der Waals surface area contributed by atoms with E-state index in [9.17, 15) is 14.7 Å². The molecule has 1 heterocycles. The zero-order chi connectivity index (χ0) is 16.4. The Hall–Kier alpha value is -2.14. The van der Waals surface area contributed by atoms with Crippen molar-refractivity contribution in [2.24, 2.45) is 0 Å². The summed E-state index contributed by atoms with van der Waals surface area (Å²) in [4.78, 5) is 27.9. The van der Waals surface area contributed by atoms with E-state index in [2.05, 4.69) is 6.58 Å². The highest BCUT2D eigenvalue weighted by molar-refractivity contribution is 6.10. The number of hydrogen-bond acceptors (Lipinski definition) is 3. The zero-order valence-corrected chi connectivity index (χ0v) is 13.2. The average molecular weight is 302 g/mol. The average Bonchev–Trinajstić information content (AvgIpc) is 2.70. The first-order chi connectivity index (χ1) is 10.3. The van der Waals surface area contributed by atoms with Crippen LogP contribution >= 0.6 is 0 Å². The lowest BCUT2D eigenvalue weighted by Gasteiger charge is -2.30. The highest BCUT2D eigenvalue weighted by atomic mass is 16.3. The highest BCUT2D eigenvalue weighted by Crippen LogP contribution is 2.30. The van der Waals surface area contributed by atoms with E-state index in [-0.39, 0.29) is 30.9 Å². The van der Waals surface area contributed by atoms with Gasteiger partial charge >= 0.3 is 0 Å². The van der Waals surface area contributed by atoms with Crippen LogP contribution in [0.15, 0.2) is 30.8 Å². The number of carbonyl (C=O) groups is 2. The minimum Gasteiger partial charge on any atom is -0.392 e. The van der Waals surface area contributed by atoms with E-state index >= 15 is 0 Å². The molecule has 0 bridgehead atoms. The summed E-state index contributed by atoms with van der Waals surface area (Å²) in [7, 11) is 0. The maximum absolute atomic E-state index is 12.5. The van der Waals surface area contributed by atoms with E-state index < -0.39 is 6.10 Å². The molecule has 1 unspecified atom stereocenters. The van der Waals surface area contributed by atoms with Crippen molar-refractivity contribution in [3.05, 3.63) is 42.0 Å². The van der Waals surface area contributed by atoms with Crippen molar-refractivity contribution < 1.29 is 14.7 Å². The van der Waals surface area contributed by atoms with Gasteiger partial charge in [-0.3, -0.25) is 14.5 Å². The van der Waals surface area contributed by atoms with Gasteiger partial charge in [0, 0.05) is 29.4 Å². The van der Waals surface area contributed by atoms with Crippen molar-refractivity contribution in [3.8, 4) is 0 Å². The highest BCUT2D eigenvalue weighted by Gasteiger charge is 2.33. The van der Waals surface area contributed by atoms with E-state index in [1.54, 1.807) is 24.0 Å². The van der Waals surface area contributed by atoms with Gasteiger partial charge in [0.15, 0.2) is 0 Å². The number of aliphatic hydroxyl groups excluding tert-OH is 1. The second-order valence-corrected chi connectivity index (χ2v) is 5.87. The van der Waals surface area contributed by atoms with E-state index in [0.717, 1.165) is 5.56 Å². The first kappa shape index (κ1) is 16.2. The van der Waals surface area contributed by atoms with Gasteiger partial charge in [-0.05, 0) is 26.8 Å². The summed E-state index contributed by atoms with van der Waals surface area (Å²) in [6.07, 6.45) is -0.610. The molecule has 0 saturated carbocycles. The number of rotatable bonds is 5. The fourth-order valence-corrected chi connectivity index (χ4v) is 2.61. The molecule has 5 nitrogen and oxygen atoms in total. The molecule has 2 amide bonds. The van der Waals surface area contributed by atoms with Crippen molar-refractivity contribution in [2.45, 2.75) is 32.9 Å². The number of amides is 2. The molecule has 1 aliphatic heterocycles. The number of benzene rings is 1. The number of nitrogens with zero attached hydrogens (tertiary/aromatic N) is 2. The molecule has 1 aromatic carbocycles. The molecule has 0 fully saturated rings. The Morgan fingerprint density at radius 2 is 1.86 bits per heavy atom. The number of hydrogen-bond donors (Lipinski definition) is 1. The normalized spacial score (nSPS) is 15.2. The maximum atomic E-state index is 12.5. The maximum Gasteiger partial charge on any atom is 0.259 e. The summed E-state index contributed by atoms with van der Waals surface area (Å²) >= 11 is 0. The van der Waals surface area contributed by atoms with Crippen molar-refractivity contribution in [2.75, 3.05) is 13.1 Å². The van der Waals surface area contributed by atoms with Crippen molar-refractivity contribution in [3.63, 3.8) is 0 Å². The molecule has 2 rings (SSSR count). The third-order valence-electron chi connectivity index (χ3n) is 3.74. The van der Waals surface area contributed by atoms with Crippen LogP contribution in [0.3, 0.4) is 0 Å². The van der Waals surface area contributed by atoms with Gasteiger partial charge in [-0.2, -0.15) is 0 Å². The summed E-state index contributed by atoms with van der Waals surface area (Å²) in [5.74, 6) is -0.395. The minimum absolute atomic E-state index is 0.0459. The van der Waals surface area contributed by atoms with Gasteiger partial charge in [-0.15, -0.1) is 0 Å². The molecular weight excluding hydrogens is 280 g/mol. The third-order valence-corrected chi connectivity index (χ3v) is 3.74. The molecule has 118 valence electrons. The first-order valence-corrected chi connectivity index (χ1v) is 7.40. The largest absolute Gasteiger partial charge is 0.392 e. The molecule has 0 spiro atoms. The number of aliphatic hydroxyl groups is 1. The molecular formula is C17H22N2O3. The molecule has 1 aromatic rings. The summed E-state index contributed by atoms with van der Waals surface area (Å²) < 4.78 is 0. The zero-order valence-electron chi connectivity index (χ0n) is 13.2. The van der Waals surface area contributed by atoms with Crippen molar-refractivity contribution in [1.29, 1.82) is 0 Å². The lowest BCUT2D eigenvalue weighted by molar-refractivity contribution is -0.134. The van der Waals surface area contributed by atoms with Crippen LogP contribution in [0.25, 0.3) is 5.70 Å². The standard InChI is InChI=1S/C17H22N2O3/c1-11(2)18(9-12(3)20)16(21)10-19-13(4)14-7-5-6-8-15(14)17(19)22/h5-8,11-12,20H,4,9-10H2,1-3H3. The third kappa shape index (κ3) is 3.04. The van der Waals surface area contributed by atoms with Crippen LogP contribution in [0.2, 0.25) is 0 Å². The Labute approximate surface area is 130 Å². The monoisotopic (exact) mass is 302 g/mol. The van der Waals surface area contributed by atoms with E-state index in [1.165, 1.54) is 4.90 Å². The van der Waals surface area contributed by atoms with E-state index in [1.807, 2.05) is 26.0 Å². The van der Waals surface area contributed by atoms with E-state index in [0.29, 0.717) is 11.3 Å². The van der Waals surface area contributed by atoms with Gasteiger partial charge in [0.05, 0.1) is 6.10 Å². The Bertz CT molecular complexity index is 573. The van der Waals surface area contributed by atoms with Crippen LogP contribution in [-0.2, 0) is 4.79 Å². The second kappa shape index (κ2) is 6.32. The topological polar surface area (TPSA) is 60.9 Å². The summed E-state index contributed by atoms with van der Waals surface area (Å²) in [5.41, 5.74) is 1.90. The predicted molar refractivity (Wildman–Crippen MR) is 85.0 cm³/mol. The van der Waals surface area contributed by atoms with Gasteiger partial charge in [0.2, 0.25) is 5.91 Å². The SMILES string of the molecule is C=C1c2ccccc2C(=O)N1CC(=O)N(CC(C)O)C(C)C. The van der Waals surface area contributed by atoms with Crippen LogP contribution in [0.4, 0.5) is 0 Å². The molecule has 0 radical (unpaired) electrons. The smallest absolute Gasteiger partial charge is 0.259 e. The lowest BCUT2D eigenvalue weighted by atomic mass is 10.1. The predicted octanol–water partition coefficient (Wildman–Crippen LogP) is 1.73. The second-order valence-electron chi connectivity index (χ2n) is 5.87. The summed E-state index contributed by atoms with van der Waals surface area (Å²) in [6, 6.07) is 7.16. The molecule has 0 saturated heterocycles. The van der Waals surface area contributed by atoms with Crippen LogP contribution < -0.4 is 0 Å². The van der Waals surface area contributed by atoms with Crippen LogP contribution in [-0.4, -0.2) is 52.0 Å². The van der Waals surface area contributed by atoms with Crippen LogP contribution in [0.5, 0.6) is 0 Å². The van der Waals surface area contributed by atoms with Crippen LogP contribution in [0.1, 0.15) is 36.7 Å². The summed E-state index contributed by atoms with van der Waals surface area (Å²) in [6.45, 7) is 9.53. The van der Waals surface area contributed by atoms with Gasteiger partial charge in [0.1, 0.15) is 6.54 Å². The van der Waals surface area contributed by atoms with Gasteiger partial charge < -0.3 is 10.0 Å². The fraction of sp³-hybridized carbons (Fsp3) is 0.412. The van der Waals surface area contributed by atoms with Gasteiger partial charge in [-0.25, -0.2) is 0 Å². The molecule has 22 heavy (non-hydrogen) atoms. The Kier molecular flexibility index (Phi) is 4.66. The van der Waals surface area contributed by atoms with Crippen molar-refractivity contribution in [1.82, 2.24) is 9.80 Å². The Morgan fingerprint density at radius 3 is 2.36 bits per heavy atom. The molecule has 5 heteroatoms. The first-order valence-electron chi connectivity index (χ1n) is 7.40. The number of fused-ring (bicyclic) bond motifs is 1. The molecule has 1 N–H and O–H groups in total. The minimum atomic E-state index is -0.610. The van der Waals surface area contributed by atoms with Gasteiger partial charge in [-0.1, -0.05) is 24.8 Å². The van der Waals surface area contributed by atoms with E-state index in [4.69, 9.17) is 0 Å². The molecule has 1 aliphatic rings. The van der Waals surface area contributed by atoms with Gasteiger partial charge in [0.25, 0.3) is 5.91 Å². The molecule has 0 aliphatic carbocycles. The van der Waals surface area contributed by atoms with Crippen LogP contribution in [0, 0.1) is 0 Å². The molecule has 0 aromatic heterocycles. The number of carbonyl (C=O) groups excluding carboxylic acids is 2. The lowest BCUT2D eigenvalue weighted by Crippen LogP contribution is -2.46.